The van der Waals surface area contributed by atoms with E-state index in [9.17, 15) is 14.4 Å². The van der Waals surface area contributed by atoms with Crippen LogP contribution in [0.5, 0.6) is 5.75 Å². The van der Waals surface area contributed by atoms with Crippen molar-refractivity contribution in [2.24, 2.45) is 0 Å². The van der Waals surface area contributed by atoms with Crippen molar-refractivity contribution in [2.45, 2.75) is 6.42 Å². The molecule has 3 aromatic carbocycles. The van der Waals surface area contributed by atoms with Gasteiger partial charge < -0.3 is 20.7 Å². The fourth-order valence-electron chi connectivity index (χ4n) is 2.86. The van der Waals surface area contributed by atoms with Gasteiger partial charge in [-0.05, 0) is 48.5 Å². The lowest BCUT2D eigenvalue weighted by Gasteiger charge is -2.12. The molecule has 3 aromatic rings. The molecule has 0 aliphatic carbocycles. The number of rotatable bonds is 8. The molecule has 0 saturated carbocycles. The van der Waals surface area contributed by atoms with E-state index in [4.69, 9.17) is 4.74 Å². The van der Waals surface area contributed by atoms with Crippen molar-refractivity contribution >= 4 is 29.1 Å². The molecule has 0 saturated heterocycles. The molecule has 0 aliphatic heterocycles. The number of benzene rings is 3. The highest BCUT2D eigenvalue weighted by Crippen LogP contribution is 2.18. The van der Waals surface area contributed by atoms with Crippen molar-refractivity contribution < 1.29 is 19.1 Å². The average Bonchev–Trinajstić information content (AvgIpc) is 2.80. The fourth-order valence-corrected chi connectivity index (χ4v) is 2.86. The van der Waals surface area contributed by atoms with Crippen molar-refractivity contribution in [1.82, 2.24) is 5.32 Å². The van der Waals surface area contributed by atoms with Crippen molar-refractivity contribution in [3.63, 3.8) is 0 Å². The minimum absolute atomic E-state index is 0.126. The molecule has 0 heterocycles. The maximum atomic E-state index is 12.6. The Labute approximate surface area is 180 Å². The first kappa shape index (κ1) is 21.6. The molecule has 0 atom stereocenters. The predicted molar refractivity (Wildman–Crippen MR) is 119 cm³/mol. The predicted octanol–water partition coefficient (Wildman–Crippen LogP) is 3.71. The minimum Gasteiger partial charge on any atom is -0.497 e. The van der Waals surface area contributed by atoms with Crippen LogP contribution in [0, 0.1) is 0 Å². The van der Waals surface area contributed by atoms with E-state index in [1.807, 2.05) is 18.2 Å². The molecule has 0 fully saturated rings. The zero-order chi connectivity index (χ0) is 22.1. The summed E-state index contributed by atoms with van der Waals surface area (Å²) >= 11 is 0. The van der Waals surface area contributed by atoms with Crippen LogP contribution in [0.4, 0.5) is 11.4 Å². The monoisotopic (exact) mass is 417 g/mol. The standard InChI is InChI=1S/C24H23N3O4/c1-31-19-13-11-17(12-14-19)23(29)27-21-10-6-5-9-20(21)24(30)25-16-15-22(28)26-18-7-3-2-4-8-18/h2-14H,15-16H2,1H3,(H,25,30)(H,26,28)(H,27,29). The van der Waals surface area contributed by atoms with E-state index in [0.717, 1.165) is 0 Å². The smallest absolute Gasteiger partial charge is 0.255 e. The van der Waals surface area contributed by atoms with Gasteiger partial charge in [0.1, 0.15) is 5.75 Å². The number of hydrogen-bond acceptors (Lipinski definition) is 4. The fraction of sp³-hybridized carbons (Fsp3) is 0.125. The number of hydrogen-bond donors (Lipinski definition) is 3. The average molecular weight is 417 g/mol. The number of carbonyl (C=O) groups is 3. The van der Waals surface area contributed by atoms with Crippen LogP contribution in [-0.2, 0) is 4.79 Å². The van der Waals surface area contributed by atoms with E-state index in [1.54, 1.807) is 67.8 Å². The molecule has 0 unspecified atom stereocenters. The number of methoxy groups -OCH3 is 1. The lowest BCUT2D eigenvalue weighted by atomic mass is 10.1. The quantitative estimate of drug-likeness (QED) is 0.521. The Balaban J connectivity index is 1.56. The van der Waals surface area contributed by atoms with Crippen LogP contribution in [0.15, 0.2) is 78.9 Å². The largest absolute Gasteiger partial charge is 0.497 e. The molecule has 3 amide bonds. The molecule has 7 heteroatoms. The first-order valence-corrected chi connectivity index (χ1v) is 9.74. The molecule has 31 heavy (non-hydrogen) atoms. The summed E-state index contributed by atoms with van der Waals surface area (Å²) in [6.07, 6.45) is 0.126. The molecule has 0 spiro atoms. The second-order valence-corrected chi connectivity index (χ2v) is 6.65. The van der Waals surface area contributed by atoms with Crippen molar-refractivity contribution in [3.05, 3.63) is 90.0 Å². The summed E-state index contributed by atoms with van der Waals surface area (Å²) in [4.78, 5) is 37.1. The number of anilines is 2. The molecule has 158 valence electrons. The van der Waals surface area contributed by atoms with Crippen LogP contribution in [0.2, 0.25) is 0 Å². The van der Waals surface area contributed by atoms with E-state index in [2.05, 4.69) is 16.0 Å². The number of para-hydroxylation sites is 2. The third-order valence-corrected chi connectivity index (χ3v) is 4.47. The third kappa shape index (κ3) is 6.17. The summed E-state index contributed by atoms with van der Waals surface area (Å²) in [6.45, 7) is 0.165. The van der Waals surface area contributed by atoms with Gasteiger partial charge in [0.05, 0.1) is 18.4 Å². The molecule has 3 rings (SSSR count). The lowest BCUT2D eigenvalue weighted by Crippen LogP contribution is -2.28. The van der Waals surface area contributed by atoms with Gasteiger partial charge in [0.25, 0.3) is 11.8 Å². The third-order valence-electron chi connectivity index (χ3n) is 4.47. The van der Waals surface area contributed by atoms with Gasteiger partial charge in [-0.1, -0.05) is 30.3 Å². The van der Waals surface area contributed by atoms with Crippen LogP contribution in [-0.4, -0.2) is 31.4 Å². The topological polar surface area (TPSA) is 96.5 Å². The van der Waals surface area contributed by atoms with Crippen LogP contribution in [0.1, 0.15) is 27.1 Å². The Morgan fingerprint density at radius 2 is 1.45 bits per heavy atom. The molecule has 0 radical (unpaired) electrons. The van der Waals surface area contributed by atoms with Gasteiger partial charge in [0.15, 0.2) is 0 Å². The Bertz CT molecular complexity index is 1050. The highest BCUT2D eigenvalue weighted by molar-refractivity contribution is 6.09. The summed E-state index contributed by atoms with van der Waals surface area (Å²) in [5, 5.41) is 8.24. The van der Waals surface area contributed by atoms with Crippen molar-refractivity contribution in [3.8, 4) is 5.75 Å². The Morgan fingerprint density at radius 1 is 0.774 bits per heavy atom. The summed E-state index contributed by atoms with van der Waals surface area (Å²) < 4.78 is 5.09. The summed E-state index contributed by atoms with van der Waals surface area (Å²) in [7, 11) is 1.55. The molecule has 3 N–H and O–H groups in total. The summed E-state index contributed by atoms with van der Waals surface area (Å²) in [5.41, 5.74) is 1.83. The lowest BCUT2D eigenvalue weighted by molar-refractivity contribution is -0.116. The molecule has 0 bridgehead atoms. The van der Waals surface area contributed by atoms with E-state index < -0.39 is 0 Å². The number of ether oxygens (including phenoxy) is 1. The summed E-state index contributed by atoms with van der Waals surface area (Å²) in [5.74, 6) is -0.275. The van der Waals surface area contributed by atoms with Gasteiger partial charge in [0.2, 0.25) is 5.91 Å². The summed E-state index contributed by atoms with van der Waals surface area (Å²) in [6, 6.07) is 22.5. The minimum atomic E-state index is -0.377. The van der Waals surface area contributed by atoms with Crippen LogP contribution >= 0.6 is 0 Å². The van der Waals surface area contributed by atoms with E-state index in [1.165, 1.54) is 0 Å². The van der Waals surface area contributed by atoms with Crippen molar-refractivity contribution in [2.75, 3.05) is 24.3 Å². The van der Waals surface area contributed by atoms with Gasteiger partial charge in [0, 0.05) is 24.2 Å². The first-order valence-electron chi connectivity index (χ1n) is 9.74. The number of amides is 3. The Kier molecular flexibility index (Phi) is 7.37. The molecule has 0 aliphatic rings. The van der Waals surface area contributed by atoms with E-state index >= 15 is 0 Å². The SMILES string of the molecule is COc1ccc(C(=O)Nc2ccccc2C(=O)NCCC(=O)Nc2ccccc2)cc1. The van der Waals surface area contributed by atoms with Crippen LogP contribution in [0.25, 0.3) is 0 Å². The zero-order valence-corrected chi connectivity index (χ0v) is 17.1. The Hall–Kier alpha value is -4.13. The Morgan fingerprint density at radius 3 is 2.16 bits per heavy atom. The maximum Gasteiger partial charge on any atom is 0.255 e. The number of nitrogens with one attached hydrogen (secondary N) is 3. The normalized spacial score (nSPS) is 10.1. The molecule has 0 aromatic heterocycles. The number of carbonyl (C=O) groups excluding carboxylic acids is 3. The van der Waals surface area contributed by atoms with E-state index in [0.29, 0.717) is 28.3 Å². The zero-order valence-electron chi connectivity index (χ0n) is 17.1. The van der Waals surface area contributed by atoms with Gasteiger partial charge in [-0.2, -0.15) is 0 Å². The first-order chi connectivity index (χ1) is 15.1. The van der Waals surface area contributed by atoms with Crippen LogP contribution in [0.3, 0.4) is 0 Å². The van der Waals surface area contributed by atoms with Crippen LogP contribution < -0.4 is 20.7 Å². The molecular weight excluding hydrogens is 394 g/mol. The van der Waals surface area contributed by atoms with Gasteiger partial charge in [-0.25, -0.2) is 0 Å². The molecule has 7 nitrogen and oxygen atoms in total. The van der Waals surface area contributed by atoms with Gasteiger partial charge in [-0.15, -0.1) is 0 Å². The second kappa shape index (κ2) is 10.6. The van der Waals surface area contributed by atoms with Gasteiger partial charge >= 0.3 is 0 Å². The van der Waals surface area contributed by atoms with E-state index in [-0.39, 0.29) is 30.7 Å². The highest BCUT2D eigenvalue weighted by Gasteiger charge is 2.14. The van der Waals surface area contributed by atoms with Crippen molar-refractivity contribution in [1.29, 1.82) is 0 Å². The molecular formula is C24H23N3O4. The maximum absolute atomic E-state index is 12.6. The van der Waals surface area contributed by atoms with Gasteiger partial charge in [-0.3, -0.25) is 14.4 Å². The highest BCUT2D eigenvalue weighted by atomic mass is 16.5. The second-order valence-electron chi connectivity index (χ2n) is 6.65.